The van der Waals surface area contributed by atoms with Gasteiger partial charge in [0, 0.05) is 86.7 Å². The minimum absolute atomic E-state index is 0.0311. The second-order valence-electron chi connectivity index (χ2n) is 19.1. The normalized spacial score (nSPS) is 18.6. The van der Waals surface area contributed by atoms with Crippen LogP contribution in [0.1, 0.15) is 70.4 Å². The van der Waals surface area contributed by atoms with Gasteiger partial charge in [0.25, 0.3) is 0 Å². The molecule has 2 unspecified atom stereocenters. The number of fused-ring (bicyclic) bond motifs is 6. The van der Waals surface area contributed by atoms with Crippen LogP contribution in [-0.4, -0.2) is 167 Å². The van der Waals surface area contributed by atoms with E-state index in [-0.39, 0.29) is 80.4 Å². The van der Waals surface area contributed by atoms with E-state index in [1.54, 1.807) is 43.5 Å². The summed E-state index contributed by atoms with van der Waals surface area (Å²) in [6, 6.07) is 9.32. The Labute approximate surface area is 461 Å². The van der Waals surface area contributed by atoms with Crippen LogP contribution >= 0.6 is 0 Å². The minimum Gasteiger partial charge on any atom is -0.744 e. The molecule has 0 aliphatic carbocycles. The topological polar surface area (TPSA) is 328 Å². The highest BCUT2D eigenvalue weighted by Gasteiger charge is 2.49. The number of carboxylic acid groups (broad SMARTS) is 1. The van der Waals surface area contributed by atoms with Crippen LogP contribution in [0.15, 0.2) is 104 Å². The molecule has 0 saturated carbocycles. The third-order valence-corrected chi connectivity index (χ3v) is 17.4. The third-order valence-electron chi connectivity index (χ3n) is 14.0. The fraction of sp³-hybridized carbons (Fsp3) is 0.472. The first kappa shape index (κ1) is 63.1. The van der Waals surface area contributed by atoms with Gasteiger partial charge in [0.2, 0.25) is 5.69 Å². The smallest absolute Gasteiger partial charge is 0.303 e. The summed E-state index contributed by atoms with van der Waals surface area (Å²) in [5, 5.41) is 9.26. The predicted molar refractivity (Wildman–Crippen MR) is 286 cm³/mol. The van der Waals surface area contributed by atoms with Crippen molar-refractivity contribution in [3.05, 3.63) is 95.7 Å². The maximum atomic E-state index is 12.8. The van der Waals surface area contributed by atoms with E-state index < -0.39 is 76.9 Å². The monoisotopic (exact) mass is 1180 g/mol. The van der Waals surface area contributed by atoms with Crippen molar-refractivity contribution in [2.45, 2.75) is 89.7 Å². The van der Waals surface area contributed by atoms with Crippen molar-refractivity contribution in [2.75, 3.05) is 98.3 Å². The first-order valence-electron chi connectivity index (χ1n) is 25.3. The Morgan fingerprint density at radius 2 is 1.09 bits per heavy atom. The zero-order valence-corrected chi connectivity index (χ0v) is 47.7. The van der Waals surface area contributed by atoms with Gasteiger partial charge in [-0.15, -0.1) is 0 Å². The maximum absolute atomic E-state index is 12.8. The van der Waals surface area contributed by atoms with Gasteiger partial charge >= 0.3 is 5.97 Å². The van der Waals surface area contributed by atoms with Gasteiger partial charge in [0.1, 0.15) is 47.0 Å². The van der Waals surface area contributed by atoms with Crippen molar-refractivity contribution < 1.29 is 94.8 Å². The molecule has 0 radical (unpaired) electrons. The average molecular weight is 1180 g/mol. The number of carbonyl (C=O) groups is 1. The zero-order valence-electron chi connectivity index (χ0n) is 44.5. The number of methoxy groups -OCH3 is 2. The maximum Gasteiger partial charge on any atom is 0.303 e. The lowest BCUT2D eigenvalue weighted by Gasteiger charge is -2.30. The lowest BCUT2D eigenvalue weighted by Crippen LogP contribution is -2.33. The molecule has 2 heterocycles. The van der Waals surface area contributed by atoms with Gasteiger partial charge in [-0.3, -0.25) is 4.79 Å². The molecule has 22 nitrogen and oxygen atoms in total. The van der Waals surface area contributed by atoms with Crippen LogP contribution in [0, 0.1) is 0 Å². The molecule has 2 atom stereocenters. The molecule has 4 aromatic rings. The molecule has 2 aliphatic rings. The molecule has 4 aromatic carbocycles. The molecule has 26 heteroatoms. The number of rotatable bonds is 32. The number of benzene rings is 4. The van der Waals surface area contributed by atoms with Crippen LogP contribution in [0.25, 0.3) is 21.5 Å². The summed E-state index contributed by atoms with van der Waals surface area (Å²) in [6.07, 6.45) is 10.5. The summed E-state index contributed by atoms with van der Waals surface area (Å²) < 4.78 is 187. The molecule has 79 heavy (non-hydrogen) atoms. The van der Waals surface area contributed by atoms with E-state index in [1.165, 1.54) is 19.2 Å². The molecule has 0 fully saturated rings. The number of hydrogen-bond acceptors (Lipinski definition) is 20. The number of anilines is 1. The molecule has 0 bridgehead atoms. The Morgan fingerprint density at radius 3 is 1.58 bits per heavy atom. The summed E-state index contributed by atoms with van der Waals surface area (Å²) in [5.41, 5.74) is 0.936. The Balaban J connectivity index is 1.50. The predicted octanol–water partition coefficient (Wildman–Crippen LogP) is 5.54. The number of likely N-dealkylation sites (N-methyl/N-ethyl adjacent to an activating group) is 1. The molecule has 1 N–H and O–H groups in total. The lowest BCUT2D eigenvalue weighted by atomic mass is 9.75. The first-order valence-corrected chi connectivity index (χ1v) is 30.9. The highest BCUT2D eigenvalue weighted by atomic mass is 32.2. The molecule has 6 rings (SSSR count). The average Bonchev–Trinajstić information content (AvgIpc) is 3.01. The van der Waals surface area contributed by atoms with Crippen molar-refractivity contribution in [3.63, 3.8) is 0 Å². The number of carboxylic acids is 1. The number of allylic oxidation sites excluding steroid dienone is 6. The Kier molecular flexibility index (Phi) is 21.3. The van der Waals surface area contributed by atoms with Crippen LogP contribution in [0.5, 0.6) is 0 Å². The van der Waals surface area contributed by atoms with Crippen LogP contribution in [0.4, 0.5) is 11.4 Å². The van der Waals surface area contributed by atoms with Crippen molar-refractivity contribution in [1.29, 1.82) is 0 Å². The number of aliphatic carboxylic acids is 1. The summed E-state index contributed by atoms with van der Waals surface area (Å²) in [7, 11) is -18.1. The summed E-state index contributed by atoms with van der Waals surface area (Å²) in [5.74, 6) is -0.961. The Hall–Kier alpha value is -5.04. The molecule has 0 saturated heterocycles. The Morgan fingerprint density at radius 1 is 0.595 bits per heavy atom. The van der Waals surface area contributed by atoms with Crippen molar-refractivity contribution in [1.82, 2.24) is 0 Å². The molecule has 0 amide bonds. The molecular weight excluding hydrogens is 1110 g/mol. The highest BCUT2D eigenvalue weighted by molar-refractivity contribution is 7.87. The lowest BCUT2D eigenvalue weighted by molar-refractivity contribution is -0.438. The fourth-order valence-electron chi connectivity index (χ4n) is 10.3. The van der Waals surface area contributed by atoms with Crippen LogP contribution < -0.4 is 4.90 Å². The van der Waals surface area contributed by atoms with E-state index >= 15 is 0 Å². The zero-order chi connectivity index (χ0) is 58.0. The SMILES string of the molecule is CCN1/C(=C/C=C/C=C/C2=[N+](CCCCCC(=O)O)c3ccc4c(S(=O)(=O)[O-])cc(S(=O)(=O)[O-])cc4c3C2(C)CCOCCOCCOC)C(C)(CCOCCOCCOC)c2c1ccc1c(S(=O)(=O)[O-])cc(S(=O)(=O)[O-])cc21. The van der Waals surface area contributed by atoms with Gasteiger partial charge in [-0.05, 0) is 111 Å². The summed E-state index contributed by atoms with van der Waals surface area (Å²) in [6.45, 7) is 8.69. The van der Waals surface area contributed by atoms with Crippen molar-refractivity contribution in [3.8, 4) is 0 Å². The quantitative estimate of drug-likeness (QED) is 0.0271. The summed E-state index contributed by atoms with van der Waals surface area (Å²) >= 11 is 0. The number of hydrogen-bond donors (Lipinski definition) is 1. The van der Waals surface area contributed by atoms with Gasteiger partial charge in [-0.1, -0.05) is 24.3 Å². The molecule has 0 spiro atoms. The Bertz CT molecular complexity index is 3490. The van der Waals surface area contributed by atoms with E-state index in [9.17, 15) is 61.8 Å². The van der Waals surface area contributed by atoms with Crippen molar-refractivity contribution >= 4 is 85.1 Å². The van der Waals surface area contributed by atoms with Gasteiger partial charge in [-0.25, -0.2) is 33.7 Å². The standard InChI is InChI=1S/C53H68N2O20S4/c1-6-54-43-18-16-39-41(33-37(76(58,59)60)35-45(39)78(64,65)66)50(43)52(2,20-23-72-29-31-74-27-25-70-4)47(54)13-9-7-10-14-48-53(3,21-24-73-30-32-75-28-26-71-5)51-42-34-38(77(61,62)63)36-46(79(67,68)69)40(42)17-19-44(51)55(48)22-12-8-11-15-49(56)57/h7,9-10,13-14,16-19,33-36H,6,8,11-12,15,20-32H2,1-5H3,(H4-,56,57,58,59,60,61,62,63,64,65,66,67,68,69)/p-3. The van der Waals surface area contributed by atoms with Gasteiger partial charge < -0.3 is 56.6 Å². The molecule has 0 aromatic heterocycles. The molecule has 2 aliphatic heterocycles. The fourth-order valence-corrected chi connectivity index (χ4v) is 13.0. The first-order chi connectivity index (χ1) is 37.2. The van der Waals surface area contributed by atoms with Crippen LogP contribution in [0.3, 0.4) is 0 Å². The highest BCUT2D eigenvalue weighted by Crippen LogP contribution is 2.54. The molecular formula is C53H65N2O20S4-3. The largest absolute Gasteiger partial charge is 0.744 e. The van der Waals surface area contributed by atoms with Crippen LogP contribution in [0.2, 0.25) is 0 Å². The number of nitrogens with zero attached hydrogens (tertiary/aromatic N) is 2. The third kappa shape index (κ3) is 14.9. The van der Waals surface area contributed by atoms with E-state index in [2.05, 4.69) is 0 Å². The van der Waals surface area contributed by atoms with Crippen LogP contribution in [-0.2, 0) is 84.5 Å². The number of ether oxygens (including phenoxy) is 6. The second-order valence-corrected chi connectivity index (χ2v) is 24.6. The van der Waals surface area contributed by atoms with Gasteiger partial charge in [0.05, 0.1) is 77.9 Å². The minimum atomic E-state index is -5.34. The number of unbranched alkanes of at least 4 members (excludes halogenated alkanes) is 2. The van der Waals surface area contributed by atoms with E-state index in [0.29, 0.717) is 105 Å². The van der Waals surface area contributed by atoms with Gasteiger partial charge in [-0.2, -0.15) is 4.58 Å². The van der Waals surface area contributed by atoms with Gasteiger partial charge in [0.15, 0.2) is 5.71 Å². The van der Waals surface area contributed by atoms with Crippen molar-refractivity contribution in [2.24, 2.45) is 0 Å². The molecule has 434 valence electrons. The van der Waals surface area contributed by atoms with E-state index in [0.717, 1.165) is 12.1 Å². The van der Waals surface area contributed by atoms with E-state index in [4.69, 9.17) is 28.4 Å². The summed E-state index contributed by atoms with van der Waals surface area (Å²) in [4.78, 5) is 9.78. The second kappa shape index (κ2) is 26.7. The van der Waals surface area contributed by atoms with E-state index in [1.807, 2.05) is 36.3 Å².